The van der Waals surface area contributed by atoms with Gasteiger partial charge in [-0.05, 0) is 24.5 Å². The second kappa shape index (κ2) is 4.71. The van der Waals surface area contributed by atoms with Crippen molar-refractivity contribution < 1.29 is 10.0 Å². The zero-order chi connectivity index (χ0) is 12.4. The van der Waals surface area contributed by atoms with E-state index in [0.717, 1.165) is 25.2 Å². The lowest BCUT2D eigenvalue weighted by molar-refractivity contribution is -0.385. The zero-order valence-electron chi connectivity index (χ0n) is 9.80. The fraction of sp³-hybridized carbons (Fsp3) is 0.500. The number of aliphatic hydroxyl groups is 1. The van der Waals surface area contributed by atoms with Crippen LogP contribution in [0.1, 0.15) is 18.9 Å². The summed E-state index contributed by atoms with van der Waals surface area (Å²) < 4.78 is 0. The van der Waals surface area contributed by atoms with Crippen molar-refractivity contribution in [1.29, 1.82) is 0 Å². The highest BCUT2D eigenvalue weighted by atomic mass is 16.6. The van der Waals surface area contributed by atoms with Gasteiger partial charge in [0.2, 0.25) is 0 Å². The molecule has 2 rings (SSSR count). The van der Waals surface area contributed by atoms with Crippen molar-refractivity contribution in [2.24, 2.45) is 5.92 Å². The lowest BCUT2D eigenvalue weighted by atomic mass is 10.1. The predicted molar refractivity (Wildman–Crippen MR) is 65.0 cm³/mol. The van der Waals surface area contributed by atoms with Gasteiger partial charge in [-0.3, -0.25) is 10.1 Å². The number of aliphatic hydroxyl groups excluding tert-OH is 1. The Kier molecular flexibility index (Phi) is 3.28. The second-order valence-corrected chi connectivity index (χ2v) is 4.57. The quantitative estimate of drug-likeness (QED) is 0.643. The molecule has 1 aliphatic rings. The van der Waals surface area contributed by atoms with Gasteiger partial charge in [-0.25, -0.2) is 0 Å². The first kappa shape index (κ1) is 11.9. The number of benzene rings is 1. The van der Waals surface area contributed by atoms with Crippen molar-refractivity contribution in [3.8, 4) is 0 Å². The topological polar surface area (TPSA) is 66.6 Å². The molecular formula is C12H16N2O3. The molecule has 1 saturated heterocycles. The maximum atomic E-state index is 10.7. The Labute approximate surface area is 99.8 Å². The van der Waals surface area contributed by atoms with Gasteiger partial charge in [-0.15, -0.1) is 0 Å². The van der Waals surface area contributed by atoms with E-state index in [1.807, 2.05) is 0 Å². The predicted octanol–water partition coefficient (Wildman–Crippen LogP) is 1.93. The van der Waals surface area contributed by atoms with Crippen LogP contribution >= 0.6 is 0 Å². The first-order valence-corrected chi connectivity index (χ1v) is 5.75. The Morgan fingerprint density at radius 3 is 2.88 bits per heavy atom. The summed E-state index contributed by atoms with van der Waals surface area (Å²) in [6, 6.07) is 4.95. The molecule has 1 aliphatic heterocycles. The maximum absolute atomic E-state index is 10.7. The molecule has 1 fully saturated rings. The van der Waals surface area contributed by atoms with E-state index in [0.29, 0.717) is 11.5 Å². The molecule has 0 aliphatic carbocycles. The highest BCUT2D eigenvalue weighted by molar-refractivity contribution is 5.56. The molecular weight excluding hydrogens is 220 g/mol. The van der Waals surface area contributed by atoms with Crippen LogP contribution in [0.3, 0.4) is 0 Å². The van der Waals surface area contributed by atoms with Gasteiger partial charge in [-0.1, -0.05) is 6.92 Å². The molecule has 5 heteroatoms. The highest BCUT2D eigenvalue weighted by Gasteiger charge is 2.21. The fourth-order valence-electron chi connectivity index (χ4n) is 2.24. The number of hydrogen-bond acceptors (Lipinski definition) is 4. The Bertz CT molecular complexity index is 434. The third-order valence-electron chi connectivity index (χ3n) is 3.22. The van der Waals surface area contributed by atoms with Crippen molar-refractivity contribution in [3.63, 3.8) is 0 Å². The van der Waals surface area contributed by atoms with Crippen LogP contribution in [-0.4, -0.2) is 23.1 Å². The number of rotatable bonds is 3. The normalized spacial score (nSPS) is 19.6. The summed E-state index contributed by atoms with van der Waals surface area (Å²) in [7, 11) is 0. The summed E-state index contributed by atoms with van der Waals surface area (Å²) in [6.07, 6.45) is 1.14. The number of nitro benzene ring substituents is 1. The van der Waals surface area contributed by atoms with E-state index in [1.54, 1.807) is 12.1 Å². The molecule has 1 atom stereocenters. The molecule has 0 saturated carbocycles. The van der Waals surface area contributed by atoms with Crippen LogP contribution in [0, 0.1) is 16.0 Å². The van der Waals surface area contributed by atoms with E-state index in [4.69, 9.17) is 5.11 Å². The van der Waals surface area contributed by atoms with Crippen LogP contribution in [0.2, 0.25) is 0 Å². The molecule has 17 heavy (non-hydrogen) atoms. The number of nitrogens with zero attached hydrogens (tertiary/aromatic N) is 2. The minimum absolute atomic E-state index is 0.0107. The monoisotopic (exact) mass is 236 g/mol. The zero-order valence-corrected chi connectivity index (χ0v) is 9.80. The van der Waals surface area contributed by atoms with Gasteiger partial charge in [0.1, 0.15) is 0 Å². The van der Waals surface area contributed by atoms with E-state index in [1.165, 1.54) is 6.07 Å². The molecule has 1 aromatic carbocycles. The molecule has 1 aromatic rings. The van der Waals surface area contributed by atoms with Crippen LogP contribution in [-0.2, 0) is 6.61 Å². The van der Waals surface area contributed by atoms with Gasteiger partial charge in [-0.2, -0.15) is 0 Å². The van der Waals surface area contributed by atoms with Gasteiger partial charge < -0.3 is 10.0 Å². The van der Waals surface area contributed by atoms with Gasteiger partial charge in [0.25, 0.3) is 5.69 Å². The first-order chi connectivity index (χ1) is 8.11. The molecule has 0 radical (unpaired) electrons. The first-order valence-electron chi connectivity index (χ1n) is 5.75. The number of anilines is 1. The van der Waals surface area contributed by atoms with Crippen molar-refractivity contribution in [2.45, 2.75) is 20.0 Å². The minimum atomic E-state index is -0.456. The van der Waals surface area contributed by atoms with Crippen molar-refractivity contribution in [2.75, 3.05) is 18.0 Å². The Hall–Kier alpha value is -1.62. The van der Waals surface area contributed by atoms with E-state index in [2.05, 4.69) is 11.8 Å². The Balaban J connectivity index is 2.28. The van der Waals surface area contributed by atoms with Crippen molar-refractivity contribution >= 4 is 11.4 Å². The molecule has 0 amide bonds. The van der Waals surface area contributed by atoms with Gasteiger partial charge in [0.15, 0.2) is 0 Å². The molecule has 0 spiro atoms. The summed E-state index contributed by atoms with van der Waals surface area (Å²) in [4.78, 5) is 12.5. The standard InChI is InChI=1S/C12H16N2O3/c1-9-4-5-13(7-9)11-2-3-12(14(16)17)10(6-11)8-15/h2-3,6,9,15H,4-5,7-8H2,1H3. The average molecular weight is 236 g/mol. The summed E-state index contributed by atoms with van der Waals surface area (Å²) in [5, 5.41) is 19.9. The SMILES string of the molecule is CC1CCN(c2ccc([N+](=O)[O-])c(CO)c2)C1. The van der Waals surface area contributed by atoms with Gasteiger partial charge in [0, 0.05) is 24.8 Å². The van der Waals surface area contributed by atoms with E-state index < -0.39 is 4.92 Å². The molecule has 0 bridgehead atoms. The van der Waals surface area contributed by atoms with E-state index in [-0.39, 0.29) is 12.3 Å². The molecule has 0 aromatic heterocycles. The van der Waals surface area contributed by atoms with E-state index >= 15 is 0 Å². The van der Waals surface area contributed by atoms with E-state index in [9.17, 15) is 10.1 Å². The van der Waals surface area contributed by atoms with Gasteiger partial charge in [0.05, 0.1) is 17.1 Å². The fourth-order valence-corrected chi connectivity index (χ4v) is 2.24. The van der Waals surface area contributed by atoms with Crippen LogP contribution in [0.15, 0.2) is 18.2 Å². The largest absolute Gasteiger partial charge is 0.391 e. The Morgan fingerprint density at radius 1 is 1.59 bits per heavy atom. The second-order valence-electron chi connectivity index (χ2n) is 4.57. The highest BCUT2D eigenvalue weighted by Crippen LogP contribution is 2.28. The summed E-state index contributed by atoms with van der Waals surface area (Å²) >= 11 is 0. The van der Waals surface area contributed by atoms with Crippen molar-refractivity contribution in [1.82, 2.24) is 0 Å². The van der Waals surface area contributed by atoms with Crippen LogP contribution in [0.25, 0.3) is 0 Å². The molecule has 1 unspecified atom stereocenters. The lowest BCUT2D eigenvalue weighted by Crippen LogP contribution is -2.19. The van der Waals surface area contributed by atoms with Crippen LogP contribution < -0.4 is 4.90 Å². The number of nitro groups is 1. The smallest absolute Gasteiger partial charge is 0.275 e. The molecule has 92 valence electrons. The van der Waals surface area contributed by atoms with Crippen molar-refractivity contribution in [3.05, 3.63) is 33.9 Å². The van der Waals surface area contributed by atoms with Gasteiger partial charge >= 0.3 is 0 Å². The lowest BCUT2D eigenvalue weighted by Gasteiger charge is -2.18. The number of hydrogen-bond donors (Lipinski definition) is 1. The summed E-state index contributed by atoms with van der Waals surface area (Å²) in [5.41, 5.74) is 1.33. The van der Waals surface area contributed by atoms with Crippen LogP contribution in [0.5, 0.6) is 0 Å². The average Bonchev–Trinajstić information content (AvgIpc) is 2.75. The maximum Gasteiger partial charge on any atom is 0.275 e. The molecule has 1 heterocycles. The van der Waals surface area contributed by atoms with Crippen LogP contribution in [0.4, 0.5) is 11.4 Å². The summed E-state index contributed by atoms with van der Waals surface area (Å²) in [5.74, 6) is 0.655. The molecule has 1 N–H and O–H groups in total. The third kappa shape index (κ3) is 2.39. The molecule has 5 nitrogen and oxygen atoms in total. The Morgan fingerprint density at radius 2 is 2.35 bits per heavy atom. The minimum Gasteiger partial charge on any atom is -0.391 e. The third-order valence-corrected chi connectivity index (χ3v) is 3.22. The summed E-state index contributed by atoms with van der Waals surface area (Å²) in [6.45, 7) is 3.85.